The van der Waals surface area contributed by atoms with Crippen LogP contribution in [0.15, 0.2) is 91.2 Å². The van der Waals surface area contributed by atoms with E-state index in [0.29, 0.717) is 15.0 Å². The van der Waals surface area contributed by atoms with Crippen LogP contribution in [0.3, 0.4) is 0 Å². The fourth-order valence-electron chi connectivity index (χ4n) is 4.49. The molecule has 6 rings (SSSR count). The van der Waals surface area contributed by atoms with Crippen LogP contribution in [0.4, 0.5) is 0 Å². The van der Waals surface area contributed by atoms with Gasteiger partial charge in [-0.05, 0) is 57.6 Å². The van der Waals surface area contributed by atoms with Crippen molar-refractivity contribution >= 4 is 39.0 Å². The second-order valence-corrected chi connectivity index (χ2v) is 9.46. The predicted octanol–water partition coefficient (Wildman–Crippen LogP) is 4.67. The molecule has 0 unspecified atom stereocenters. The SMILES string of the molecule is O=c1/c(=C/c2ccc(Br)o2)sc2n1[C@@H](c1ccccc1)C1=C(N=2)c2ccccc2CC1. The molecule has 0 saturated heterocycles. The fourth-order valence-corrected chi connectivity index (χ4v) is 5.79. The quantitative estimate of drug-likeness (QED) is 0.411. The molecule has 0 bridgehead atoms. The van der Waals surface area contributed by atoms with Crippen LogP contribution in [-0.4, -0.2) is 4.57 Å². The van der Waals surface area contributed by atoms with Gasteiger partial charge in [-0.25, -0.2) is 4.99 Å². The summed E-state index contributed by atoms with van der Waals surface area (Å²) in [5.74, 6) is 0.641. The molecule has 152 valence electrons. The monoisotopic (exact) mass is 488 g/mol. The number of hydrogen-bond acceptors (Lipinski definition) is 4. The number of allylic oxidation sites excluding steroid dienone is 1. The lowest BCUT2D eigenvalue weighted by atomic mass is 9.83. The molecule has 0 saturated carbocycles. The summed E-state index contributed by atoms with van der Waals surface area (Å²) in [5, 5.41) is 0. The van der Waals surface area contributed by atoms with Crippen LogP contribution in [0.2, 0.25) is 0 Å². The molecule has 1 atom stereocenters. The molecule has 0 radical (unpaired) electrons. The van der Waals surface area contributed by atoms with Crippen molar-refractivity contribution in [3.05, 3.63) is 119 Å². The van der Waals surface area contributed by atoms with Gasteiger partial charge >= 0.3 is 0 Å². The normalized spacial score (nSPS) is 17.7. The summed E-state index contributed by atoms with van der Waals surface area (Å²) in [4.78, 5) is 19.3. The minimum Gasteiger partial charge on any atom is -0.450 e. The summed E-state index contributed by atoms with van der Waals surface area (Å²) in [6.07, 6.45) is 3.65. The third-order valence-corrected chi connectivity index (χ3v) is 7.26. The van der Waals surface area contributed by atoms with E-state index in [-0.39, 0.29) is 11.6 Å². The topological polar surface area (TPSA) is 47.5 Å². The van der Waals surface area contributed by atoms with Crippen LogP contribution in [-0.2, 0) is 6.42 Å². The Bertz CT molecular complexity index is 1530. The van der Waals surface area contributed by atoms with E-state index in [1.54, 1.807) is 6.08 Å². The number of benzene rings is 2. The van der Waals surface area contributed by atoms with Gasteiger partial charge in [0.2, 0.25) is 0 Å². The second kappa shape index (κ2) is 7.32. The average Bonchev–Trinajstić information content (AvgIpc) is 3.35. The van der Waals surface area contributed by atoms with Gasteiger partial charge in [-0.2, -0.15) is 0 Å². The van der Waals surface area contributed by atoms with Crippen molar-refractivity contribution in [3.63, 3.8) is 0 Å². The van der Waals surface area contributed by atoms with Crippen LogP contribution in [0.5, 0.6) is 0 Å². The van der Waals surface area contributed by atoms with Crippen molar-refractivity contribution in [2.45, 2.75) is 18.9 Å². The molecule has 2 aromatic carbocycles. The molecule has 0 N–H and O–H groups in total. The highest BCUT2D eigenvalue weighted by Crippen LogP contribution is 2.41. The van der Waals surface area contributed by atoms with E-state index in [1.807, 2.05) is 34.9 Å². The number of hydrogen-bond donors (Lipinski definition) is 0. The van der Waals surface area contributed by atoms with E-state index < -0.39 is 0 Å². The molecule has 2 aromatic heterocycles. The van der Waals surface area contributed by atoms with Crippen molar-refractivity contribution in [2.24, 2.45) is 4.99 Å². The Morgan fingerprint density at radius 1 is 1.03 bits per heavy atom. The van der Waals surface area contributed by atoms with Gasteiger partial charge in [0.05, 0.1) is 16.3 Å². The Kier molecular flexibility index (Phi) is 4.44. The number of halogens is 1. The summed E-state index contributed by atoms with van der Waals surface area (Å²) < 4.78 is 8.72. The fraction of sp³-hybridized carbons (Fsp3) is 0.120. The van der Waals surface area contributed by atoms with Crippen molar-refractivity contribution in [2.75, 3.05) is 0 Å². The Labute approximate surface area is 190 Å². The van der Waals surface area contributed by atoms with Crippen molar-refractivity contribution < 1.29 is 4.42 Å². The lowest BCUT2D eigenvalue weighted by Crippen LogP contribution is -2.38. The summed E-state index contributed by atoms with van der Waals surface area (Å²) >= 11 is 4.74. The van der Waals surface area contributed by atoms with Crippen LogP contribution >= 0.6 is 27.3 Å². The molecule has 2 aliphatic rings. The molecule has 0 fully saturated rings. The molecule has 4 nitrogen and oxygen atoms in total. The van der Waals surface area contributed by atoms with Crippen LogP contribution in [0, 0.1) is 0 Å². The largest absolute Gasteiger partial charge is 0.450 e. The molecule has 3 heterocycles. The van der Waals surface area contributed by atoms with Crippen LogP contribution < -0.4 is 14.9 Å². The molecule has 31 heavy (non-hydrogen) atoms. The van der Waals surface area contributed by atoms with E-state index in [4.69, 9.17) is 9.41 Å². The Balaban J connectivity index is 1.64. The van der Waals surface area contributed by atoms with Crippen molar-refractivity contribution in [3.8, 4) is 0 Å². The van der Waals surface area contributed by atoms with Crippen LogP contribution in [0.1, 0.15) is 34.9 Å². The molecular weight excluding hydrogens is 472 g/mol. The Morgan fingerprint density at radius 3 is 2.65 bits per heavy atom. The maximum absolute atomic E-state index is 13.5. The van der Waals surface area contributed by atoms with Gasteiger partial charge in [-0.3, -0.25) is 9.36 Å². The number of furan rings is 1. The number of rotatable bonds is 2. The average molecular weight is 489 g/mol. The van der Waals surface area contributed by atoms with E-state index in [2.05, 4.69) is 52.3 Å². The zero-order chi connectivity index (χ0) is 20.9. The van der Waals surface area contributed by atoms with Gasteiger partial charge in [-0.1, -0.05) is 65.9 Å². The maximum atomic E-state index is 13.5. The summed E-state index contributed by atoms with van der Waals surface area (Å²) in [5.41, 5.74) is 5.80. The number of aromatic nitrogens is 1. The number of fused-ring (bicyclic) bond motifs is 3. The highest BCUT2D eigenvalue weighted by Gasteiger charge is 2.32. The number of thiazole rings is 1. The lowest BCUT2D eigenvalue weighted by molar-refractivity contribution is 0.531. The highest BCUT2D eigenvalue weighted by atomic mass is 79.9. The molecule has 1 aliphatic carbocycles. The third-order valence-electron chi connectivity index (χ3n) is 5.86. The summed E-state index contributed by atoms with van der Waals surface area (Å²) in [7, 11) is 0. The van der Waals surface area contributed by atoms with Gasteiger partial charge in [0.15, 0.2) is 9.47 Å². The summed E-state index contributed by atoms with van der Waals surface area (Å²) in [6, 6.07) is 22.3. The number of aryl methyl sites for hydroxylation is 1. The third kappa shape index (κ3) is 3.09. The Morgan fingerprint density at radius 2 is 1.84 bits per heavy atom. The molecular formula is C25H17BrN2O2S. The smallest absolute Gasteiger partial charge is 0.271 e. The van der Waals surface area contributed by atoms with E-state index in [0.717, 1.165) is 28.9 Å². The molecule has 0 spiro atoms. The van der Waals surface area contributed by atoms with E-state index in [1.165, 1.54) is 28.0 Å². The second-order valence-electron chi connectivity index (χ2n) is 7.67. The van der Waals surface area contributed by atoms with E-state index in [9.17, 15) is 4.79 Å². The zero-order valence-electron chi connectivity index (χ0n) is 16.4. The molecule has 6 heteroatoms. The van der Waals surface area contributed by atoms with Gasteiger partial charge in [-0.15, -0.1) is 0 Å². The van der Waals surface area contributed by atoms with Crippen molar-refractivity contribution in [1.82, 2.24) is 4.57 Å². The Hall–Kier alpha value is -2.96. The first-order chi connectivity index (χ1) is 15.2. The lowest BCUT2D eigenvalue weighted by Gasteiger charge is -2.30. The molecule has 1 aliphatic heterocycles. The minimum atomic E-state index is -0.147. The molecule has 4 aromatic rings. The predicted molar refractivity (Wildman–Crippen MR) is 126 cm³/mol. The number of nitrogens with zero attached hydrogens (tertiary/aromatic N) is 2. The first kappa shape index (κ1) is 18.8. The zero-order valence-corrected chi connectivity index (χ0v) is 18.8. The van der Waals surface area contributed by atoms with Gasteiger partial charge in [0, 0.05) is 11.6 Å². The van der Waals surface area contributed by atoms with Gasteiger partial charge in [0.25, 0.3) is 5.56 Å². The first-order valence-corrected chi connectivity index (χ1v) is 11.7. The van der Waals surface area contributed by atoms with Crippen LogP contribution in [0.25, 0.3) is 11.8 Å². The standard InChI is InChI=1S/C25H17BrN2O2S/c26-21-13-11-17(30-21)14-20-24(29)28-23(16-7-2-1-3-8-16)19-12-10-15-6-4-5-9-18(15)22(19)27-25(28)31-20/h1-9,11,13-14,23H,10,12H2/b20-14-/t23-/m0/s1. The van der Waals surface area contributed by atoms with E-state index >= 15 is 0 Å². The minimum absolute atomic E-state index is 0.0319. The first-order valence-electron chi connectivity index (χ1n) is 10.1. The van der Waals surface area contributed by atoms with Gasteiger partial charge in [0.1, 0.15) is 5.76 Å². The molecule has 0 amide bonds. The van der Waals surface area contributed by atoms with Gasteiger partial charge < -0.3 is 4.42 Å². The van der Waals surface area contributed by atoms with Crippen molar-refractivity contribution in [1.29, 1.82) is 0 Å². The summed E-state index contributed by atoms with van der Waals surface area (Å²) in [6.45, 7) is 0. The highest BCUT2D eigenvalue weighted by molar-refractivity contribution is 9.10. The maximum Gasteiger partial charge on any atom is 0.271 e.